The molecular weight excluding hydrogens is 414 g/mol. The van der Waals surface area contributed by atoms with Gasteiger partial charge in [0.25, 0.3) is 6.23 Å². The lowest BCUT2D eigenvalue weighted by Gasteiger charge is -2.21. The van der Waals surface area contributed by atoms with Crippen LogP contribution in [0.3, 0.4) is 0 Å². The van der Waals surface area contributed by atoms with Crippen molar-refractivity contribution in [2.75, 3.05) is 0 Å². The first kappa shape index (κ1) is 15.7. The summed E-state index contributed by atoms with van der Waals surface area (Å²) in [6, 6.07) is 5.46. The number of hydrogen-bond acceptors (Lipinski definition) is 4. The van der Waals surface area contributed by atoms with Crippen LogP contribution in [-0.4, -0.2) is 20.5 Å². The molecule has 1 fully saturated rings. The maximum atomic E-state index is 12.6. The smallest absolute Gasteiger partial charge is 0.252 e. The summed E-state index contributed by atoms with van der Waals surface area (Å²) in [7, 11) is 0. The Labute approximate surface area is 145 Å². The number of ketones is 1. The van der Waals surface area contributed by atoms with Crippen molar-refractivity contribution in [1.29, 1.82) is 0 Å². The quantitative estimate of drug-likeness (QED) is 0.739. The molecule has 5 radical (unpaired) electrons. The number of ether oxygens (including phenoxy) is 1. The van der Waals surface area contributed by atoms with Gasteiger partial charge in [-0.05, 0) is 59.8 Å². The van der Waals surface area contributed by atoms with Crippen molar-refractivity contribution in [2.24, 2.45) is 0 Å². The molecule has 1 aromatic carbocycles. The molecule has 0 N–H and O–H groups in total. The van der Waals surface area contributed by atoms with Gasteiger partial charge < -0.3 is 4.74 Å². The highest BCUT2D eigenvalue weighted by Crippen LogP contribution is 2.33. The van der Waals surface area contributed by atoms with Crippen LogP contribution < -0.4 is 4.74 Å². The third-order valence-corrected chi connectivity index (χ3v) is 4.09. The van der Waals surface area contributed by atoms with Gasteiger partial charge in [0.1, 0.15) is 18.4 Å². The summed E-state index contributed by atoms with van der Waals surface area (Å²) < 4.78 is 8.91. The summed E-state index contributed by atoms with van der Waals surface area (Å²) in [5.41, 5.74) is 0. The van der Waals surface area contributed by atoms with Gasteiger partial charge in [0.15, 0.2) is 0 Å². The standard InChI is InChI=1S/C15H10Br2N3O2/c16-11-5-6-13(12(17)7-11)22-15(20-9-18-8-19-20)14(21)10-3-1-2-4-10/h1-9,15H. The van der Waals surface area contributed by atoms with Crippen LogP contribution in [0.5, 0.6) is 5.75 Å². The number of hydrogen-bond donors (Lipinski definition) is 0. The highest BCUT2D eigenvalue weighted by Gasteiger charge is 2.34. The minimum atomic E-state index is -0.914. The van der Waals surface area contributed by atoms with Crippen LogP contribution >= 0.6 is 31.9 Å². The Kier molecular flexibility index (Phi) is 4.93. The van der Waals surface area contributed by atoms with E-state index in [2.05, 4.69) is 41.9 Å². The minimum absolute atomic E-state index is 0.190. The fourth-order valence-corrected chi connectivity index (χ4v) is 3.08. The predicted octanol–water partition coefficient (Wildman–Crippen LogP) is 3.36. The van der Waals surface area contributed by atoms with Crippen molar-refractivity contribution in [3.05, 3.63) is 71.4 Å². The van der Waals surface area contributed by atoms with Crippen molar-refractivity contribution < 1.29 is 9.53 Å². The van der Waals surface area contributed by atoms with E-state index >= 15 is 0 Å². The maximum absolute atomic E-state index is 12.6. The highest BCUT2D eigenvalue weighted by molar-refractivity contribution is 9.11. The van der Waals surface area contributed by atoms with Crippen molar-refractivity contribution in [2.45, 2.75) is 6.23 Å². The van der Waals surface area contributed by atoms with Gasteiger partial charge in [-0.3, -0.25) is 4.79 Å². The Morgan fingerprint density at radius 1 is 1.23 bits per heavy atom. The van der Waals surface area contributed by atoms with Gasteiger partial charge in [-0.15, -0.1) is 0 Å². The summed E-state index contributed by atoms with van der Waals surface area (Å²) in [5.74, 6) is 0.919. The first-order valence-electron chi connectivity index (χ1n) is 6.37. The van der Waals surface area contributed by atoms with Crippen LogP contribution in [0.25, 0.3) is 0 Å². The molecule has 0 saturated heterocycles. The van der Waals surface area contributed by atoms with E-state index in [1.165, 1.54) is 17.3 Å². The number of rotatable bonds is 5. The van der Waals surface area contributed by atoms with Gasteiger partial charge in [-0.1, -0.05) is 15.9 Å². The average Bonchev–Trinajstić information content (AvgIpc) is 3.19. The molecule has 2 aromatic rings. The summed E-state index contributed by atoms with van der Waals surface area (Å²) in [6.45, 7) is 0. The Bertz CT molecular complexity index is 655. The number of halogens is 2. The first-order chi connectivity index (χ1) is 10.6. The fourth-order valence-electron chi connectivity index (χ4n) is 1.94. The average molecular weight is 424 g/mol. The van der Waals surface area contributed by atoms with Crippen molar-refractivity contribution >= 4 is 37.6 Å². The molecule has 0 aliphatic heterocycles. The topological polar surface area (TPSA) is 57.0 Å². The Morgan fingerprint density at radius 3 is 2.64 bits per heavy atom. The third kappa shape index (κ3) is 3.41. The molecule has 0 bridgehead atoms. The molecule has 1 aliphatic rings. The lowest BCUT2D eigenvalue weighted by atomic mass is 10.0. The molecule has 111 valence electrons. The van der Waals surface area contributed by atoms with Crippen molar-refractivity contribution in [1.82, 2.24) is 14.8 Å². The van der Waals surface area contributed by atoms with Gasteiger partial charge in [0.2, 0.25) is 5.78 Å². The Hall–Kier alpha value is -1.21. The molecule has 0 amide bonds. The molecule has 5 nitrogen and oxygen atoms in total. The summed E-state index contributed by atoms with van der Waals surface area (Å²) in [4.78, 5) is 16.5. The molecule has 7 heteroatoms. The minimum Gasteiger partial charge on any atom is -0.460 e. The van der Waals surface area contributed by atoms with Crippen molar-refractivity contribution in [3.8, 4) is 5.75 Å². The molecule has 1 aliphatic carbocycles. The summed E-state index contributed by atoms with van der Waals surface area (Å²) in [6.07, 6.45) is 9.01. The van der Waals surface area contributed by atoms with E-state index in [0.717, 1.165) is 8.95 Å². The lowest BCUT2D eigenvalue weighted by Crippen LogP contribution is -2.29. The van der Waals surface area contributed by atoms with Gasteiger partial charge in [-0.2, -0.15) is 5.10 Å². The second kappa shape index (κ2) is 6.91. The molecule has 1 aromatic heterocycles. The summed E-state index contributed by atoms with van der Waals surface area (Å²) >= 11 is 6.81. The van der Waals surface area contributed by atoms with Crippen LogP contribution in [0.1, 0.15) is 6.23 Å². The molecule has 1 atom stereocenters. The predicted molar refractivity (Wildman–Crippen MR) is 87.0 cm³/mol. The second-order valence-corrected chi connectivity index (χ2v) is 6.23. The van der Waals surface area contributed by atoms with E-state index in [9.17, 15) is 4.79 Å². The second-order valence-electron chi connectivity index (χ2n) is 4.46. The van der Waals surface area contributed by atoms with E-state index in [1.54, 1.807) is 31.7 Å². The molecular formula is C15H10Br2N3O2. The number of benzene rings is 1. The zero-order valence-corrected chi connectivity index (χ0v) is 14.4. The molecule has 1 unspecified atom stereocenters. The van der Waals surface area contributed by atoms with E-state index < -0.39 is 6.23 Å². The third-order valence-electron chi connectivity index (χ3n) is 2.98. The monoisotopic (exact) mass is 422 g/mol. The maximum Gasteiger partial charge on any atom is 0.252 e. The molecule has 1 saturated carbocycles. The van der Waals surface area contributed by atoms with E-state index in [0.29, 0.717) is 11.7 Å². The highest BCUT2D eigenvalue weighted by atomic mass is 79.9. The molecule has 0 spiro atoms. The van der Waals surface area contributed by atoms with Crippen LogP contribution in [0.2, 0.25) is 0 Å². The Morgan fingerprint density at radius 2 is 2.00 bits per heavy atom. The van der Waals surface area contributed by atoms with E-state index in [4.69, 9.17) is 4.74 Å². The zero-order valence-electron chi connectivity index (χ0n) is 11.2. The number of nitrogens with zero attached hydrogens (tertiary/aromatic N) is 3. The fraction of sp³-hybridized carbons (Fsp3) is 0.0667. The molecule has 1 heterocycles. The van der Waals surface area contributed by atoms with E-state index in [1.807, 2.05) is 12.1 Å². The van der Waals surface area contributed by atoms with Gasteiger partial charge in [-0.25, -0.2) is 9.67 Å². The largest absolute Gasteiger partial charge is 0.460 e. The van der Waals surface area contributed by atoms with Gasteiger partial charge in [0.05, 0.1) is 10.4 Å². The van der Waals surface area contributed by atoms with Gasteiger partial charge in [0, 0.05) is 4.47 Å². The molecule has 3 rings (SSSR count). The van der Waals surface area contributed by atoms with Crippen molar-refractivity contribution in [3.63, 3.8) is 0 Å². The lowest BCUT2D eigenvalue weighted by molar-refractivity contribution is -0.127. The van der Waals surface area contributed by atoms with Crippen LogP contribution in [-0.2, 0) is 4.79 Å². The molecule has 22 heavy (non-hydrogen) atoms. The number of aromatic nitrogens is 3. The van der Waals surface area contributed by atoms with Crippen LogP contribution in [0.4, 0.5) is 0 Å². The Balaban J connectivity index is 1.87. The SMILES string of the molecule is O=C([C]1[CH][CH][CH][CH]1)C(Oc1ccc(Br)cc1Br)n1cncn1. The van der Waals surface area contributed by atoms with Crippen LogP contribution in [0, 0.1) is 31.6 Å². The normalized spacial score (nSPS) is 16.6. The zero-order chi connectivity index (χ0) is 15.5. The van der Waals surface area contributed by atoms with E-state index in [-0.39, 0.29) is 5.78 Å². The van der Waals surface area contributed by atoms with Gasteiger partial charge >= 0.3 is 0 Å². The summed E-state index contributed by atoms with van der Waals surface area (Å²) in [5, 5.41) is 4.03. The first-order valence-corrected chi connectivity index (χ1v) is 7.95. The van der Waals surface area contributed by atoms with Crippen LogP contribution in [0.15, 0.2) is 39.8 Å². The number of carbonyl (C=O) groups excluding carboxylic acids is 1. The number of carbonyl (C=O) groups is 1. The number of Topliss-reactive ketones (excluding diaryl/α,β-unsaturated/α-hetero) is 1.